The second-order valence-corrected chi connectivity index (χ2v) is 7.18. The molecule has 128 valence electrons. The molecule has 0 aromatic heterocycles. The molecule has 7 heteroatoms. The number of halogens is 1. The molecular weight excluding hydrogens is 358 g/mol. The Labute approximate surface area is 154 Å². The standard InChI is InChI=1S/C18H16ClN3O2S/c1-11-5-4-6-12(9-11)20-18-22-17(24)15(25-18)10-16(23)21-14-8-3-2-7-13(14)19/h2-9,15H,10H2,1H3,(H,21,23)(H,20,22,24)/t15-/m1/s1. The van der Waals surface area contributed by atoms with Crippen molar-refractivity contribution in [1.29, 1.82) is 0 Å². The number of benzene rings is 2. The first-order valence-corrected chi connectivity index (χ1v) is 8.94. The molecule has 2 aromatic carbocycles. The summed E-state index contributed by atoms with van der Waals surface area (Å²) in [5.74, 6) is -0.483. The largest absolute Gasteiger partial charge is 0.325 e. The molecule has 1 aliphatic heterocycles. The molecular formula is C18H16ClN3O2S. The van der Waals surface area contributed by atoms with Gasteiger partial charge in [-0.25, -0.2) is 4.99 Å². The van der Waals surface area contributed by atoms with Gasteiger partial charge >= 0.3 is 0 Å². The van der Waals surface area contributed by atoms with Gasteiger partial charge in [-0.2, -0.15) is 0 Å². The topological polar surface area (TPSA) is 70.6 Å². The lowest BCUT2D eigenvalue weighted by Gasteiger charge is -2.08. The van der Waals surface area contributed by atoms with Crippen LogP contribution in [-0.2, 0) is 9.59 Å². The monoisotopic (exact) mass is 373 g/mol. The van der Waals surface area contributed by atoms with Gasteiger partial charge in [-0.05, 0) is 36.8 Å². The second kappa shape index (κ2) is 7.72. The van der Waals surface area contributed by atoms with Gasteiger partial charge in [-0.15, -0.1) is 0 Å². The van der Waals surface area contributed by atoms with Crippen molar-refractivity contribution >= 4 is 51.7 Å². The molecule has 1 saturated heterocycles. The minimum atomic E-state index is -0.508. The number of rotatable bonds is 4. The van der Waals surface area contributed by atoms with E-state index in [4.69, 9.17) is 11.6 Å². The number of amidine groups is 1. The fourth-order valence-electron chi connectivity index (χ4n) is 2.34. The summed E-state index contributed by atoms with van der Waals surface area (Å²) in [5.41, 5.74) is 2.39. The molecule has 1 fully saturated rings. The van der Waals surface area contributed by atoms with Crippen molar-refractivity contribution in [3.63, 3.8) is 0 Å². The van der Waals surface area contributed by atoms with E-state index in [1.54, 1.807) is 24.3 Å². The van der Waals surface area contributed by atoms with E-state index in [-0.39, 0.29) is 18.2 Å². The molecule has 1 atom stereocenters. The summed E-state index contributed by atoms with van der Waals surface area (Å²) in [6, 6.07) is 14.7. The maximum absolute atomic E-state index is 12.2. The van der Waals surface area contributed by atoms with E-state index in [1.807, 2.05) is 31.2 Å². The lowest BCUT2D eigenvalue weighted by molar-refractivity contribution is -0.122. The van der Waals surface area contributed by atoms with Crippen LogP contribution in [0.2, 0.25) is 5.02 Å². The van der Waals surface area contributed by atoms with Crippen LogP contribution < -0.4 is 10.6 Å². The van der Waals surface area contributed by atoms with Gasteiger partial charge < -0.3 is 10.6 Å². The number of aliphatic imine (C=N–C) groups is 1. The minimum absolute atomic E-state index is 0.0502. The first-order valence-electron chi connectivity index (χ1n) is 7.68. The number of hydrogen-bond acceptors (Lipinski definition) is 4. The van der Waals surface area contributed by atoms with Gasteiger partial charge in [0, 0.05) is 6.42 Å². The highest BCUT2D eigenvalue weighted by molar-refractivity contribution is 8.15. The molecule has 3 rings (SSSR count). The molecule has 2 N–H and O–H groups in total. The number of anilines is 1. The Balaban J connectivity index is 1.63. The highest BCUT2D eigenvalue weighted by Gasteiger charge is 2.32. The molecule has 0 unspecified atom stereocenters. The van der Waals surface area contributed by atoms with E-state index in [1.165, 1.54) is 11.8 Å². The Morgan fingerprint density at radius 1 is 1.28 bits per heavy atom. The van der Waals surface area contributed by atoms with Crippen LogP contribution in [0.25, 0.3) is 0 Å². The van der Waals surface area contributed by atoms with Gasteiger partial charge in [0.15, 0.2) is 5.17 Å². The first-order chi connectivity index (χ1) is 12.0. The molecule has 0 aliphatic carbocycles. The molecule has 0 saturated carbocycles. The maximum Gasteiger partial charge on any atom is 0.240 e. The van der Waals surface area contributed by atoms with E-state index in [0.717, 1.165) is 11.3 Å². The Bertz CT molecular complexity index is 854. The molecule has 2 amide bonds. The number of thioether (sulfide) groups is 1. The number of nitrogens with one attached hydrogen (secondary N) is 2. The zero-order valence-electron chi connectivity index (χ0n) is 13.5. The first kappa shape index (κ1) is 17.5. The van der Waals surface area contributed by atoms with Gasteiger partial charge in [0.1, 0.15) is 5.25 Å². The van der Waals surface area contributed by atoms with Crippen molar-refractivity contribution in [3.05, 3.63) is 59.1 Å². The summed E-state index contributed by atoms with van der Waals surface area (Å²) in [5, 5.41) is 5.90. The molecule has 0 radical (unpaired) electrons. The molecule has 25 heavy (non-hydrogen) atoms. The Hall–Kier alpha value is -2.31. The average Bonchev–Trinajstić information content (AvgIpc) is 2.89. The van der Waals surface area contributed by atoms with E-state index >= 15 is 0 Å². The predicted octanol–water partition coefficient (Wildman–Crippen LogP) is 3.90. The molecule has 5 nitrogen and oxygen atoms in total. The van der Waals surface area contributed by atoms with Crippen molar-refractivity contribution in [3.8, 4) is 0 Å². The van der Waals surface area contributed by atoms with Crippen molar-refractivity contribution in [2.75, 3.05) is 5.32 Å². The summed E-state index contributed by atoms with van der Waals surface area (Å²) >= 11 is 7.28. The number of nitrogens with zero attached hydrogens (tertiary/aromatic N) is 1. The van der Waals surface area contributed by atoms with Gasteiger partial charge in [0.05, 0.1) is 16.4 Å². The quantitative estimate of drug-likeness (QED) is 0.853. The van der Waals surface area contributed by atoms with Crippen LogP contribution in [0.1, 0.15) is 12.0 Å². The number of aryl methyl sites for hydroxylation is 1. The second-order valence-electron chi connectivity index (χ2n) is 5.58. The molecule has 0 bridgehead atoms. The third-order valence-electron chi connectivity index (χ3n) is 3.53. The predicted molar refractivity (Wildman–Crippen MR) is 102 cm³/mol. The summed E-state index contributed by atoms with van der Waals surface area (Å²) < 4.78 is 0. The van der Waals surface area contributed by atoms with Crippen LogP contribution in [0, 0.1) is 6.92 Å². The molecule has 2 aromatic rings. The van der Waals surface area contributed by atoms with Crippen LogP contribution >= 0.6 is 23.4 Å². The SMILES string of the molecule is Cc1cccc(N=C2NC(=O)[C@@H](CC(=O)Nc3ccccc3Cl)S2)c1. The third kappa shape index (κ3) is 4.61. The summed E-state index contributed by atoms with van der Waals surface area (Å²) in [7, 11) is 0. The lowest BCUT2D eigenvalue weighted by Crippen LogP contribution is -2.28. The number of carbonyl (C=O) groups is 2. The summed E-state index contributed by atoms with van der Waals surface area (Å²) in [4.78, 5) is 28.7. The van der Waals surface area contributed by atoms with Gasteiger partial charge in [0.25, 0.3) is 0 Å². The van der Waals surface area contributed by atoms with E-state index in [0.29, 0.717) is 15.9 Å². The molecule has 1 heterocycles. The highest BCUT2D eigenvalue weighted by Crippen LogP contribution is 2.27. The van der Waals surface area contributed by atoms with Crippen LogP contribution in [0.15, 0.2) is 53.5 Å². The third-order valence-corrected chi connectivity index (χ3v) is 4.94. The van der Waals surface area contributed by atoms with E-state index < -0.39 is 5.25 Å². The smallest absolute Gasteiger partial charge is 0.240 e. The lowest BCUT2D eigenvalue weighted by atomic mass is 10.2. The summed E-state index contributed by atoms with van der Waals surface area (Å²) in [6.07, 6.45) is 0.0502. The van der Waals surface area contributed by atoms with Gasteiger partial charge in [-0.1, -0.05) is 47.6 Å². The number of para-hydroxylation sites is 1. The zero-order valence-corrected chi connectivity index (χ0v) is 15.0. The number of amides is 2. The van der Waals surface area contributed by atoms with Gasteiger partial charge in [0.2, 0.25) is 11.8 Å². The Morgan fingerprint density at radius 3 is 2.84 bits per heavy atom. The van der Waals surface area contributed by atoms with Crippen LogP contribution in [0.3, 0.4) is 0 Å². The van der Waals surface area contributed by atoms with E-state index in [2.05, 4.69) is 15.6 Å². The fraction of sp³-hybridized carbons (Fsp3) is 0.167. The van der Waals surface area contributed by atoms with Crippen molar-refractivity contribution in [2.24, 2.45) is 4.99 Å². The van der Waals surface area contributed by atoms with Crippen LogP contribution in [-0.4, -0.2) is 22.2 Å². The molecule has 0 spiro atoms. The van der Waals surface area contributed by atoms with Crippen molar-refractivity contribution < 1.29 is 9.59 Å². The zero-order chi connectivity index (χ0) is 17.8. The normalized spacial score (nSPS) is 18.2. The van der Waals surface area contributed by atoms with Crippen molar-refractivity contribution in [2.45, 2.75) is 18.6 Å². The minimum Gasteiger partial charge on any atom is -0.325 e. The Morgan fingerprint density at radius 2 is 2.08 bits per heavy atom. The van der Waals surface area contributed by atoms with Crippen molar-refractivity contribution in [1.82, 2.24) is 5.32 Å². The number of carbonyl (C=O) groups excluding carboxylic acids is 2. The average molecular weight is 374 g/mol. The molecule has 1 aliphatic rings. The Kier molecular flexibility index (Phi) is 5.40. The fourth-order valence-corrected chi connectivity index (χ4v) is 3.51. The van der Waals surface area contributed by atoms with Gasteiger partial charge in [-0.3, -0.25) is 9.59 Å². The number of hydrogen-bond donors (Lipinski definition) is 2. The van der Waals surface area contributed by atoms with Crippen LogP contribution in [0.5, 0.6) is 0 Å². The van der Waals surface area contributed by atoms with E-state index in [9.17, 15) is 9.59 Å². The maximum atomic E-state index is 12.2. The highest BCUT2D eigenvalue weighted by atomic mass is 35.5. The summed E-state index contributed by atoms with van der Waals surface area (Å²) in [6.45, 7) is 1.98. The van der Waals surface area contributed by atoms with Crippen LogP contribution in [0.4, 0.5) is 11.4 Å².